The van der Waals surface area contributed by atoms with Crippen LogP contribution in [0.15, 0.2) is 48.7 Å². The zero-order valence-electron chi connectivity index (χ0n) is 11.6. The van der Waals surface area contributed by atoms with Crippen LogP contribution in [0.2, 0.25) is 0 Å². The highest BCUT2D eigenvalue weighted by Gasteiger charge is 2.15. The Labute approximate surface area is 122 Å². The van der Waals surface area contributed by atoms with Gasteiger partial charge in [-0.15, -0.1) is 0 Å². The Morgan fingerprint density at radius 1 is 1.24 bits per heavy atom. The van der Waals surface area contributed by atoms with E-state index in [0.717, 1.165) is 22.0 Å². The van der Waals surface area contributed by atoms with Crippen LogP contribution in [0.25, 0.3) is 10.9 Å². The normalized spacial score (nSPS) is 12.3. The number of carbonyl (C=O) groups is 1. The van der Waals surface area contributed by atoms with Crippen molar-refractivity contribution in [3.8, 4) is 0 Å². The summed E-state index contributed by atoms with van der Waals surface area (Å²) >= 11 is 0. The summed E-state index contributed by atoms with van der Waals surface area (Å²) in [5, 5.41) is 10.6. The number of nitrogens with zero attached hydrogens (tertiary/aromatic N) is 1. The Balaban J connectivity index is 1.77. The number of benzene rings is 2. The van der Waals surface area contributed by atoms with E-state index in [9.17, 15) is 4.79 Å². The average molecular weight is 280 g/mol. The molecule has 3 rings (SSSR count). The molecule has 106 valence electrons. The van der Waals surface area contributed by atoms with Crippen LogP contribution in [0, 0.1) is 6.92 Å². The maximum Gasteiger partial charge on any atom is 0.245 e. The second kappa shape index (κ2) is 5.38. The van der Waals surface area contributed by atoms with Crippen molar-refractivity contribution in [1.82, 2.24) is 10.2 Å². The summed E-state index contributed by atoms with van der Waals surface area (Å²) in [6.07, 6.45) is 1.74. The number of hydrogen-bond donors (Lipinski definition) is 3. The van der Waals surface area contributed by atoms with Crippen LogP contribution >= 0.6 is 0 Å². The number of aromatic amines is 1. The van der Waals surface area contributed by atoms with Gasteiger partial charge in [-0.1, -0.05) is 29.8 Å². The van der Waals surface area contributed by atoms with Crippen LogP contribution in [0.1, 0.15) is 17.2 Å². The number of aromatic nitrogens is 2. The van der Waals surface area contributed by atoms with Gasteiger partial charge in [0.1, 0.15) is 6.04 Å². The maximum absolute atomic E-state index is 12.2. The summed E-state index contributed by atoms with van der Waals surface area (Å²) in [7, 11) is 0. The SMILES string of the molecule is Cc1ccc(C(N)C(=O)Nc2ccc3cn[nH]c3c2)cc1. The number of aryl methyl sites for hydroxylation is 1. The molecule has 1 heterocycles. The first kappa shape index (κ1) is 13.3. The lowest BCUT2D eigenvalue weighted by molar-refractivity contribution is -0.117. The van der Waals surface area contributed by atoms with Crippen molar-refractivity contribution in [3.63, 3.8) is 0 Å². The van der Waals surface area contributed by atoms with E-state index >= 15 is 0 Å². The Hall–Kier alpha value is -2.66. The lowest BCUT2D eigenvalue weighted by atomic mass is 10.1. The van der Waals surface area contributed by atoms with Gasteiger partial charge < -0.3 is 11.1 Å². The van der Waals surface area contributed by atoms with Gasteiger partial charge in [-0.25, -0.2) is 0 Å². The number of anilines is 1. The van der Waals surface area contributed by atoms with Crippen molar-refractivity contribution in [3.05, 3.63) is 59.8 Å². The molecule has 5 nitrogen and oxygen atoms in total. The second-order valence-electron chi connectivity index (χ2n) is 5.05. The fraction of sp³-hybridized carbons (Fsp3) is 0.125. The van der Waals surface area contributed by atoms with Gasteiger partial charge >= 0.3 is 0 Å². The van der Waals surface area contributed by atoms with Crippen molar-refractivity contribution in [2.24, 2.45) is 5.73 Å². The number of nitrogens with two attached hydrogens (primary N) is 1. The topological polar surface area (TPSA) is 83.8 Å². The Kier molecular flexibility index (Phi) is 3.41. The molecule has 1 atom stereocenters. The smallest absolute Gasteiger partial charge is 0.245 e. The van der Waals surface area contributed by atoms with Crippen LogP contribution in [-0.4, -0.2) is 16.1 Å². The minimum Gasteiger partial charge on any atom is -0.324 e. The zero-order valence-corrected chi connectivity index (χ0v) is 11.6. The molecule has 1 amide bonds. The lowest BCUT2D eigenvalue weighted by Gasteiger charge is -2.13. The van der Waals surface area contributed by atoms with Gasteiger partial charge in [0.05, 0.1) is 11.7 Å². The van der Waals surface area contributed by atoms with Crippen LogP contribution in [0.5, 0.6) is 0 Å². The summed E-state index contributed by atoms with van der Waals surface area (Å²) in [5.41, 5.74) is 9.49. The predicted octanol–water partition coefficient (Wildman–Crippen LogP) is 2.51. The van der Waals surface area contributed by atoms with Crippen molar-refractivity contribution in [2.75, 3.05) is 5.32 Å². The highest BCUT2D eigenvalue weighted by Crippen LogP contribution is 2.18. The first-order valence-corrected chi connectivity index (χ1v) is 6.69. The molecule has 3 aromatic rings. The Bertz CT molecular complexity index is 776. The van der Waals surface area contributed by atoms with Crippen molar-refractivity contribution < 1.29 is 4.79 Å². The minimum atomic E-state index is -0.692. The zero-order chi connectivity index (χ0) is 14.8. The molecule has 5 heteroatoms. The maximum atomic E-state index is 12.2. The molecule has 0 saturated carbocycles. The van der Waals surface area contributed by atoms with Crippen molar-refractivity contribution >= 4 is 22.5 Å². The van der Waals surface area contributed by atoms with Gasteiger partial charge in [0.15, 0.2) is 0 Å². The molecule has 21 heavy (non-hydrogen) atoms. The molecule has 0 bridgehead atoms. The predicted molar refractivity (Wildman–Crippen MR) is 82.8 cm³/mol. The van der Waals surface area contributed by atoms with Crippen molar-refractivity contribution in [2.45, 2.75) is 13.0 Å². The number of H-pyrrole nitrogens is 1. The third kappa shape index (κ3) is 2.78. The van der Waals surface area contributed by atoms with Crippen LogP contribution in [-0.2, 0) is 4.79 Å². The highest BCUT2D eigenvalue weighted by molar-refractivity contribution is 5.97. The van der Waals surface area contributed by atoms with Gasteiger partial charge in [0.2, 0.25) is 5.91 Å². The molecule has 0 aliphatic rings. The molecule has 2 aromatic carbocycles. The summed E-state index contributed by atoms with van der Waals surface area (Å²) < 4.78 is 0. The van der Waals surface area contributed by atoms with E-state index < -0.39 is 6.04 Å². The number of rotatable bonds is 3. The second-order valence-corrected chi connectivity index (χ2v) is 5.05. The van der Waals surface area contributed by atoms with E-state index in [-0.39, 0.29) is 5.91 Å². The number of nitrogens with one attached hydrogen (secondary N) is 2. The quantitative estimate of drug-likeness (QED) is 0.689. The lowest BCUT2D eigenvalue weighted by Crippen LogP contribution is -2.27. The highest BCUT2D eigenvalue weighted by atomic mass is 16.2. The fourth-order valence-corrected chi connectivity index (χ4v) is 2.16. The average Bonchev–Trinajstić information content (AvgIpc) is 2.95. The van der Waals surface area contributed by atoms with E-state index in [1.165, 1.54) is 0 Å². The molecule has 0 radical (unpaired) electrons. The number of fused-ring (bicyclic) bond motifs is 1. The third-order valence-corrected chi connectivity index (χ3v) is 3.43. The summed E-state index contributed by atoms with van der Waals surface area (Å²) in [6, 6.07) is 12.5. The van der Waals surface area contributed by atoms with Crippen LogP contribution in [0.4, 0.5) is 5.69 Å². The van der Waals surface area contributed by atoms with E-state index in [2.05, 4.69) is 15.5 Å². The van der Waals surface area contributed by atoms with E-state index in [4.69, 9.17) is 5.73 Å². The summed E-state index contributed by atoms with van der Waals surface area (Å²) in [6.45, 7) is 2.00. The molecule has 0 spiro atoms. The molecule has 0 saturated heterocycles. The first-order valence-electron chi connectivity index (χ1n) is 6.69. The fourth-order valence-electron chi connectivity index (χ4n) is 2.16. The van der Waals surface area contributed by atoms with Crippen molar-refractivity contribution in [1.29, 1.82) is 0 Å². The standard InChI is InChI=1S/C16H16N4O/c1-10-2-4-11(5-3-10)15(17)16(21)19-13-7-6-12-9-18-20-14(12)8-13/h2-9,15H,17H2,1H3,(H,18,20)(H,19,21). The first-order chi connectivity index (χ1) is 10.1. The molecular weight excluding hydrogens is 264 g/mol. The minimum absolute atomic E-state index is 0.238. The van der Waals surface area contributed by atoms with Gasteiger partial charge in [-0.05, 0) is 30.7 Å². The monoisotopic (exact) mass is 280 g/mol. The van der Waals surface area contributed by atoms with Gasteiger partial charge in [-0.3, -0.25) is 9.89 Å². The number of hydrogen-bond acceptors (Lipinski definition) is 3. The number of carbonyl (C=O) groups excluding carboxylic acids is 1. The van der Waals surface area contributed by atoms with Gasteiger partial charge in [-0.2, -0.15) is 5.10 Å². The molecule has 0 aliphatic heterocycles. The Morgan fingerprint density at radius 3 is 2.76 bits per heavy atom. The van der Waals surface area contributed by atoms with Gasteiger partial charge in [0.25, 0.3) is 0 Å². The molecule has 4 N–H and O–H groups in total. The van der Waals surface area contributed by atoms with E-state index in [0.29, 0.717) is 5.69 Å². The summed E-state index contributed by atoms with van der Waals surface area (Å²) in [4.78, 5) is 12.2. The van der Waals surface area contributed by atoms with E-state index in [1.54, 1.807) is 6.20 Å². The summed E-state index contributed by atoms with van der Waals surface area (Å²) in [5.74, 6) is -0.238. The third-order valence-electron chi connectivity index (χ3n) is 3.43. The van der Waals surface area contributed by atoms with Crippen LogP contribution in [0.3, 0.4) is 0 Å². The molecule has 0 aliphatic carbocycles. The van der Waals surface area contributed by atoms with E-state index in [1.807, 2.05) is 49.4 Å². The largest absolute Gasteiger partial charge is 0.324 e. The molecule has 1 unspecified atom stereocenters. The molecular formula is C16H16N4O. The number of amides is 1. The van der Waals surface area contributed by atoms with Crippen LogP contribution < -0.4 is 11.1 Å². The Morgan fingerprint density at radius 2 is 2.00 bits per heavy atom. The molecule has 1 aromatic heterocycles. The van der Waals surface area contributed by atoms with Gasteiger partial charge in [0, 0.05) is 11.1 Å². The molecule has 0 fully saturated rings.